The third-order valence-corrected chi connectivity index (χ3v) is 5.80. The van der Waals surface area contributed by atoms with E-state index < -0.39 is 11.8 Å². The molecule has 0 aliphatic heterocycles. The number of carbonyl (C=O) groups excluding carboxylic acids is 1. The highest BCUT2D eigenvalue weighted by Crippen LogP contribution is 2.34. The Labute approximate surface area is 226 Å². The number of carbonyl (C=O) groups is 1. The highest BCUT2D eigenvalue weighted by atomic mass is 32.1. The maximum absolute atomic E-state index is 12.1. The molecule has 0 saturated heterocycles. The van der Waals surface area contributed by atoms with Crippen LogP contribution in [0, 0.1) is 0 Å². The quantitative estimate of drug-likeness (QED) is 0.145. The summed E-state index contributed by atoms with van der Waals surface area (Å²) in [4.78, 5) is 17.5. The van der Waals surface area contributed by atoms with Gasteiger partial charge >= 0.3 is 6.16 Å². The van der Waals surface area contributed by atoms with Crippen molar-refractivity contribution >= 4 is 23.7 Å². The van der Waals surface area contributed by atoms with Crippen molar-refractivity contribution in [1.82, 2.24) is 4.68 Å². The third-order valence-electron chi connectivity index (χ3n) is 4.95. The summed E-state index contributed by atoms with van der Waals surface area (Å²) in [6.07, 6.45) is 0.860. The van der Waals surface area contributed by atoms with Crippen molar-refractivity contribution in [2.75, 3.05) is 27.9 Å². The molecule has 0 unspecified atom stereocenters. The number of rotatable bonds is 9. The van der Waals surface area contributed by atoms with Crippen LogP contribution in [0.3, 0.4) is 0 Å². The van der Waals surface area contributed by atoms with Crippen molar-refractivity contribution in [2.45, 2.75) is 33.3 Å². The molecule has 0 saturated carbocycles. The van der Waals surface area contributed by atoms with Gasteiger partial charge in [-0.05, 0) is 63.6 Å². The molecule has 0 atom stereocenters. The lowest BCUT2D eigenvalue weighted by atomic mass is 10.1. The Bertz CT molecular complexity index is 1400. The van der Waals surface area contributed by atoms with Crippen molar-refractivity contribution in [2.24, 2.45) is 10.1 Å². The zero-order valence-electron chi connectivity index (χ0n) is 22.7. The molecule has 9 nitrogen and oxygen atoms in total. The molecule has 0 bridgehead atoms. The Kier molecular flexibility index (Phi) is 9.35. The predicted molar refractivity (Wildman–Crippen MR) is 149 cm³/mol. The minimum absolute atomic E-state index is 0.239. The molecular weight excluding hydrogens is 506 g/mol. The molecule has 202 valence electrons. The van der Waals surface area contributed by atoms with E-state index in [2.05, 4.69) is 11.6 Å². The van der Waals surface area contributed by atoms with Gasteiger partial charge in [-0.15, -0.1) is 11.3 Å². The second-order valence-corrected chi connectivity index (χ2v) is 10.1. The summed E-state index contributed by atoms with van der Waals surface area (Å²) >= 11 is 1.46. The summed E-state index contributed by atoms with van der Waals surface area (Å²) in [5, 5.41) is 6.70. The topological polar surface area (TPSA) is 92.9 Å². The molecule has 1 heterocycles. The summed E-state index contributed by atoms with van der Waals surface area (Å²) in [7, 11) is 4.71. The van der Waals surface area contributed by atoms with E-state index in [1.807, 2.05) is 30.5 Å². The fourth-order valence-corrected chi connectivity index (χ4v) is 4.08. The molecular formula is C28H33N3O6S. The van der Waals surface area contributed by atoms with Crippen LogP contribution in [0.5, 0.6) is 23.0 Å². The van der Waals surface area contributed by atoms with Gasteiger partial charge in [0.1, 0.15) is 17.1 Å². The number of aromatic nitrogens is 1. The van der Waals surface area contributed by atoms with Crippen molar-refractivity contribution in [3.8, 4) is 34.3 Å². The molecule has 0 N–H and O–H groups in total. The predicted octanol–water partition coefficient (Wildman–Crippen LogP) is 5.92. The Morgan fingerprint density at radius 2 is 1.76 bits per heavy atom. The number of thiazole rings is 1. The lowest BCUT2D eigenvalue weighted by molar-refractivity contribution is 0.0201. The van der Waals surface area contributed by atoms with Crippen LogP contribution in [0.1, 0.15) is 33.3 Å². The van der Waals surface area contributed by atoms with E-state index in [1.54, 1.807) is 64.1 Å². The molecule has 0 spiro atoms. The van der Waals surface area contributed by atoms with Gasteiger partial charge in [0.25, 0.3) is 0 Å². The second-order valence-electron chi connectivity index (χ2n) is 9.28. The van der Waals surface area contributed by atoms with Crippen LogP contribution in [-0.2, 0) is 4.74 Å². The van der Waals surface area contributed by atoms with Gasteiger partial charge in [-0.2, -0.15) is 5.10 Å². The molecule has 3 rings (SSSR count). The van der Waals surface area contributed by atoms with E-state index in [0.717, 1.165) is 22.4 Å². The number of hydrogen-bond donors (Lipinski definition) is 0. The summed E-state index contributed by atoms with van der Waals surface area (Å²) < 4.78 is 28.7. The molecule has 0 amide bonds. The molecule has 3 aromatic rings. The Balaban J connectivity index is 2.01. The average Bonchev–Trinajstić information content (AvgIpc) is 3.27. The highest BCUT2D eigenvalue weighted by molar-refractivity contribution is 7.07. The first-order chi connectivity index (χ1) is 18.0. The Hall–Kier alpha value is -4.05. The van der Waals surface area contributed by atoms with E-state index in [-0.39, 0.29) is 5.75 Å². The Morgan fingerprint density at radius 3 is 2.39 bits per heavy atom. The fourth-order valence-electron chi connectivity index (χ4n) is 3.25. The van der Waals surface area contributed by atoms with E-state index in [0.29, 0.717) is 28.6 Å². The molecule has 0 fully saturated rings. The highest BCUT2D eigenvalue weighted by Gasteiger charge is 2.20. The zero-order chi connectivity index (χ0) is 27.9. The zero-order valence-corrected chi connectivity index (χ0v) is 23.5. The number of methoxy groups -OCH3 is 3. The van der Waals surface area contributed by atoms with Gasteiger partial charge in [-0.25, -0.2) is 9.47 Å². The normalized spacial score (nSPS) is 11.9. The SMILES string of the molecule is C=C(C)CN=c1scc(-c2ccc(OC)cc2OC)n1N=Cc1ccc(OC(=O)OC(C)(C)C)c(OC)c1. The fraction of sp³-hybridized carbons (Fsp3) is 0.321. The van der Waals surface area contributed by atoms with Crippen LogP contribution in [0.25, 0.3) is 11.3 Å². The maximum Gasteiger partial charge on any atom is 0.514 e. The van der Waals surface area contributed by atoms with E-state index in [1.165, 1.54) is 18.4 Å². The van der Waals surface area contributed by atoms with E-state index in [4.69, 9.17) is 28.8 Å². The monoisotopic (exact) mass is 539 g/mol. The van der Waals surface area contributed by atoms with Crippen LogP contribution in [0.2, 0.25) is 0 Å². The lowest BCUT2D eigenvalue weighted by Gasteiger charge is -2.19. The van der Waals surface area contributed by atoms with Crippen LogP contribution < -0.4 is 23.7 Å². The van der Waals surface area contributed by atoms with Gasteiger partial charge in [-0.3, -0.25) is 4.99 Å². The molecule has 1 aromatic heterocycles. The summed E-state index contributed by atoms with van der Waals surface area (Å²) in [5.41, 5.74) is 2.60. The first-order valence-electron chi connectivity index (χ1n) is 11.8. The van der Waals surface area contributed by atoms with Gasteiger partial charge in [0.05, 0.1) is 39.8 Å². The smallest absolute Gasteiger partial charge is 0.497 e. The first kappa shape index (κ1) is 28.5. The molecule has 2 aromatic carbocycles. The van der Waals surface area contributed by atoms with E-state index in [9.17, 15) is 4.79 Å². The van der Waals surface area contributed by atoms with Gasteiger partial charge in [0.15, 0.2) is 11.5 Å². The number of hydrogen-bond acceptors (Lipinski definition) is 9. The van der Waals surface area contributed by atoms with Crippen molar-refractivity contribution in [1.29, 1.82) is 0 Å². The van der Waals surface area contributed by atoms with Gasteiger partial charge < -0.3 is 23.7 Å². The third kappa shape index (κ3) is 7.48. The van der Waals surface area contributed by atoms with Crippen LogP contribution in [0.4, 0.5) is 4.79 Å². The molecule has 10 heteroatoms. The molecule has 38 heavy (non-hydrogen) atoms. The summed E-state index contributed by atoms with van der Waals surface area (Å²) in [6.45, 7) is 11.6. The minimum atomic E-state index is -0.812. The van der Waals surface area contributed by atoms with Crippen molar-refractivity contribution in [3.63, 3.8) is 0 Å². The number of benzene rings is 2. The van der Waals surface area contributed by atoms with Crippen LogP contribution in [0.15, 0.2) is 64.0 Å². The maximum atomic E-state index is 12.1. The molecule has 0 aliphatic rings. The number of nitrogens with zero attached hydrogens (tertiary/aromatic N) is 3. The van der Waals surface area contributed by atoms with Crippen LogP contribution >= 0.6 is 11.3 Å². The summed E-state index contributed by atoms with van der Waals surface area (Å²) in [6, 6.07) is 10.7. The second kappa shape index (κ2) is 12.5. The van der Waals surface area contributed by atoms with E-state index >= 15 is 0 Å². The molecule has 0 aliphatic carbocycles. The van der Waals surface area contributed by atoms with Crippen LogP contribution in [-0.4, -0.2) is 50.5 Å². The lowest BCUT2D eigenvalue weighted by Crippen LogP contribution is -2.26. The Morgan fingerprint density at radius 1 is 1.03 bits per heavy atom. The van der Waals surface area contributed by atoms with Gasteiger partial charge in [0.2, 0.25) is 4.80 Å². The standard InChI is InChI=1S/C28H33N3O6S/c1-18(2)15-29-26-31(22(17-38-26)21-11-10-20(33-6)14-24(21)34-7)30-16-19-9-12-23(25(13-19)35-8)36-27(32)37-28(3,4)5/h9-14,16-17H,1,15H2,2-8H3. The minimum Gasteiger partial charge on any atom is -0.497 e. The largest absolute Gasteiger partial charge is 0.514 e. The summed E-state index contributed by atoms with van der Waals surface area (Å²) in [5.74, 6) is 1.92. The number of ether oxygens (including phenoxy) is 5. The average molecular weight is 540 g/mol. The first-order valence-corrected chi connectivity index (χ1v) is 12.6. The van der Waals surface area contributed by atoms with Crippen molar-refractivity contribution in [3.05, 3.63) is 64.3 Å². The van der Waals surface area contributed by atoms with Crippen molar-refractivity contribution < 1.29 is 28.5 Å². The van der Waals surface area contributed by atoms with Gasteiger partial charge in [0, 0.05) is 17.0 Å². The molecule has 0 radical (unpaired) electrons. The van der Waals surface area contributed by atoms with Gasteiger partial charge in [-0.1, -0.05) is 12.2 Å².